The predicted octanol–water partition coefficient (Wildman–Crippen LogP) is 2.96. The van der Waals surface area contributed by atoms with Gasteiger partial charge in [-0.2, -0.15) is 0 Å². The molecule has 2 heteroatoms. The Kier molecular flexibility index (Phi) is 4.11. The molecule has 0 bridgehead atoms. The van der Waals surface area contributed by atoms with E-state index in [0.29, 0.717) is 18.3 Å². The normalized spacial score (nSPS) is 11.1. The Balaban J connectivity index is 3.14. The number of carbonyl (C=O) groups excluding carboxylic acids is 1. The molecule has 16 heavy (non-hydrogen) atoms. The Morgan fingerprint density at radius 3 is 2.25 bits per heavy atom. The molecule has 0 aliphatic carbocycles. The third-order valence-corrected chi connectivity index (χ3v) is 2.82. The maximum Gasteiger partial charge on any atom is 0.221 e. The number of rotatable bonds is 4. The van der Waals surface area contributed by atoms with Crippen LogP contribution in [-0.2, 0) is 11.2 Å². The van der Waals surface area contributed by atoms with Gasteiger partial charge in [0.25, 0.3) is 0 Å². The average molecular weight is 219 g/mol. The molecule has 0 atom stereocenters. The van der Waals surface area contributed by atoms with Gasteiger partial charge in [0.2, 0.25) is 5.91 Å². The molecular weight excluding hydrogens is 198 g/mol. The molecule has 0 saturated heterocycles. The van der Waals surface area contributed by atoms with E-state index in [0.717, 1.165) is 5.56 Å². The zero-order valence-corrected chi connectivity index (χ0v) is 10.6. The second kappa shape index (κ2) is 5.15. The van der Waals surface area contributed by atoms with Crippen LogP contribution in [0.5, 0.6) is 0 Å². The summed E-state index contributed by atoms with van der Waals surface area (Å²) in [4.78, 5) is 11.0. The summed E-state index contributed by atoms with van der Waals surface area (Å²) in [5, 5.41) is 0. The van der Waals surface area contributed by atoms with E-state index in [9.17, 15) is 4.79 Å². The van der Waals surface area contributed by atoms with Gasteiger partial charge in [0.1, 0.15) is 0 Å². The quantitative estimate of drug-likeness (QED) is 0.831. The fourth-order valence-corrected chi connectivity index (χ4v) is 1.86. The van der Waals surface area contributed by atoms with Gasteiger partial charge in [-0.15, -0.1) is 0 Å². The van der Waals surface area contributed by atoms with Gasteiger partial charge in [-0.05, 0) is 28.5 Å². The summed E-state index contributed by atoms with van der Waals surface area (Å²) in [5.41, 5.74) is 8.87. The lowest BCUT2D eigenvalue weighted by Gasteiger charge is -2.15. The smallest absolute Gasteiger partial charge is 0.221 e. The molecule has 0 spiro atoms. The fraction of sp³-hybridized carbons (Fsp3) is 0.500. The Morgan fingerprint density at radius 2 is 1.81 bits per heavy atom. The second-order valence-corrected chi connectivity index (χ2v) is 4.91. The SMILES string of the molecule is CC(C)c1ccc(CC(N)=O)c(C(C)C)c1. The molecule has 0 fully saturated rings. The number of hydrogen-bond donors (Lipinski definition) is 1. The van der Waals surface area contributed by atoms with Crippen molar-refractivity contribution in [3.8, 4) is 0 Å². The van der Waals surface area contributed by atoms with Crippen molar-refractivity contribution in [2.24, 2.45) is 5.73 Å². The zero-order chi connectivity index (χ0) is 12.3. The van der Waals surface area contributed by atoms with Gasteiger partial charge in [-0.1, -0.05) is 45.9 Å². The van der Waals surface area contributed by atoms with Crippen molar-refractivity contribution >= 4 is 5.91 Å². The summed E-state index contributed by atoms with van der Waals surface area (Å²) in [6.07, 6.45) is 0.339. The predicted molar refractivity (Wildman–Crippen MR) is 67.5 cm³/mol. The average Bonchev–Trinajstić information content (AvgIpc) is 2.16. The highest BCUT2D eigenvalue weighted by atomic mass is 16.1. The van der Waals surface area contributed by atoms with Crippen LogP contribution in [0.1, 0.15) is 56.2 Å². The molecule has 0 saturated carbocycles. The standard InChI is InChI=1S/C14H21NO/c1-9(2)11-5-6-12(8-14(15)16)13(7-11)10(3)4/h5-7,9-10H,8H2,1-4H3,(H2,15,16). The lowest BCUT2D eigenvalue weighted by atomic mass is 9.90. The molecular formula is C14H21NO. The first-order valence-electron chi connectivity index (χ1n) is 5.82. The van der Waals surface area contributed by atoms with Crippen molar-refractivity contribution in [2.75, 3.05) is 0 Å². The van der Waals surface area contributed by atoms with Crippen LogP contribution >= 0.6 is 0 Å². The number of carbonyl (C=O) groups is 1. The molecule has 0 aliphatic rings. The minimum Gasteiger partial charge on any atom is -0.369 e. The molecule has 2 N–H and O–H groups in total. The van der Waals surface area contributed by atoms with Gasteiger partial charge >= 0.3 is 0 Å². The van der Waals surface area contributed by atoms with E-state index in [2.05, 4.69) is 39.8 Å². The van der Waals surface area contributed by atoms with E-state index < -0.39 is 0 Å². The fourth-order valence-electron chi connectivity index (χ4n) is 1.86. The summed E-state index contributed by atoms with van der Waals surface area (Å²) in [5.74, 6) is 0.673. The Morgan fingerprint density at radius 1 is 1.19 bits per heavy atom. The summed E-state index contributed by atoms with van der Waals surface area (Å²) >= 11 is 0. The van der Waals surface area contributed by atoms with Crippen molar-refractivity contribution in [1.29, 1.82) is 0 Å². The second-order valence-electron chi connectivity index (χ2n) is 4.91. The van der Waals surface area contributed by atoms with E-state index in [4.69, 9.17) is 5.73 Å². The summed E-state index contributed by atoms with van der Waals surface area (Å²) in [6, 6.07) is 6.33. The number of nitrogens with two attached hydrogens (primary N) is 1. The third-order valence-electron chi connectivity index (χ3n) is 2.82. The van der Waals surface area contributed by atoms with Crippen LogP contribution in [0.3, 0.4) is 0 Å². The van der Waals surface area contributed by atoms with Crippen LogP contribution in [0, 0.1) is 0 Å². The van der Waals surface area contributed by atoms with Gasteiger partial charge < -0.3 is 5.73 Å². The zero-order valence-electron chi connectivity index (χ0n) is 10.6. The number of hydrogen-bond acceptors (Lipinski definition) is 1. The van der Waals surface area contributed by atoms with Gasteiger partial charge in [0, 0.05) is 0 Å². The molecule has 1 amide bonds. The lowest BCUT2D eigenvalue weighted by Crippen LogP contribution is -2.15. The molecule has 1 aromatic carbocycles. The topological polar surface area (TPSA) is 43.1 Å². The van der Waals surface area contributed by atoms with Gasteiger partial charge in [-0.3, -0.25) is 4.79 Å². The van der Waals surface area contributed by atoms with Gasteiger partial charge in [0.05, 0.1) is 6.42 Å². The monoisotopic (exact) mass is 219 g/mol. The number of primary amides is 1. The van der Waals surface area contributed by atoms with Crippen LogP contribution < -0.4 is 5.73 Å². The Bertz CT molecular complexity index is 380. The highest BCUT2D eigenvalue weighted by Gasteiger charge is 2.11. The van der Waals surface area contributed by atoms with Crippen LogP contribution in [0.25, 0.3) is 0 Å². The molecule has 1 aromatic rings. The third kappa shape index (κ3) is 3.09. The summed E-state index contributed by atoms with van der Waals surface area (Å²) in [6.45, 7) is 8.63. The lowest BCUT2D eigenvalue weighted by molar-refractivity contribution is -0.117. The summed E-state index contributed by atoms with van der Waals surface area (Å²) < 4.78 is 0. The van der Waals surface area contributed by atoms with Gasteiger partial charge in [-0.25, -0.2) is 0 Å². The maximum absolute atomic E-state index is 11.0. The van der Waals surface area contributed by atoms with Crippen molar-refractivity contribution in [1.82, 2.24) is 0 Å². The van der Waals surface area contributed by atoms with Crippen molar-refractivity contribution in [3.63, 3.8) is 0 Å². The van der Waals surface area contributed by atoms with E-state index in [1.807, 2.05) is 6.07 Å². The van der Waals surface area contributed by atoms with Crippen molar-refractivity contribution in [3.05, 3.63) is 34.9 Å². The maximum atomic E-state index is 11.0. The van der Waals surface area contributed by atoms with Gasteiger partial charge in [0.15, 0.2) is 0 Å². The minimum atomic E-state index is -0.265. The highest BCUT2D eigenvalue weighted by molar-refractivity contribution is 5.77. The molecule has 0 radical (unpaired) electrons. The molecule has 88 valence electrons. The van der Waals surface area contributed by atoms with Crippen LogP contribution in [0.4, 0.5) is 0 Å². The highest BCUT2D eigenvalue weighted by Crippen LogP contribution is 2.25. The number of amides is 1. The molecule has 2 nitrogen and oxygen atoms in total. The van der Waals surface area contributed by atoms with Crippen LogP contribution in [-0.4, -0.2) is 5.91 Å². The summed E-state index contributed by atoms with van der Waals surface area (Å²) in [7, 11) is 0. The van der Waals surface area contributed by atoms with E-state index >= 15 is 0 Å². The van der Waals surface area contributed by atoms with E-state index in [1.54, 1.807) is 0 Å². The number of benzene rings is 1. The first kappa shape index (κ1) is 12.8. The van der Waals surface area contributed by atoms with E-state index in [-0.39, 0.29) is 5.91 Å². The van der Waals surface area contributed by atoms with Crippen LogP contribution in [0.2, 0.25) is 0 Å². The van der Waals surface area contributed by atoms with Crippen molar-refractivity contribution in [2.45, 2.75) is 46.0 Å². The molecule has 0 aromatic heterocycles. The molecule has 0 heterocycles. The first-order chi connectivity index (χ1) is 7.41. The molecule has 1 rings (SSSR count). The molecule has 0 aliphatic heterocycles. The first-order valence-corrected chi connectivity index (χ1v) is 5.82. The largest absolute Gasteiger partial charge is 0.369 e. The van der Waals surface area contributed by atoms with Crippen molar-refractivity contribution < 1.29 is 4.79 Å². The Labute approximate surface area is 97.9 Å². The van der Waals surface area contributed by atoms with E-state index in [1.165, 1.54) is 11.1 Å². The minimum absolute atomic E-state index is 0.265. The Hall–Kier alpha value is -1.31. The van der Waals surface area contributed by atoms with Crippen LogP contribution in [0.15, 0.2) is 18.2 Å². The molecule has 0 unspecified atom stereocenters.